The van der Waals surface area contributed by atoms with Gasteiger partial charge in [-0.1, -0.05) is 10.3 Å². The molecule has 8 heteroatoms. The van der Waals surface area contributed by atoms with E-state index in [-0.39, 0.29) is 0 Å². The van der Waals surface area contributed by atoms with Crippen molar-refractivity contribution in [1.29, 1.82) is 0 Å². The van der Waals surface area contributed by atoms with Gasteiger partial charge in [-0.15, -0.1) is 0 Å². The number of nitrogens with zero attached hydrogens (tertiary/aromatic N) is 5. The maximum atomic E-state index is 5.47. The van der Waals surface area contributed by atoms with Crippen molar-refractivity contribution < 1.29 is 9.05 Å². The summed E-state index contributed by atoms with van der Waals surface area (Å²) in [5.41, 5.74) is 7.59. The third-order valence-electron chi connectivity index (χ3n) is 3.09. The second kappa shape index (κ2) is 5.94. The molecule has 114 valence electrons. The van der Waals surface area contributed by atoms with E-state index in [2.05, 4.69) is 20.3 Å². The van der Waals surface area contributed by atoms with Gasteiger partial charge in [-0.2, -0.15) is 4.98 Å². The topological polar surface area (TPSA) is 107 Å². The molecule has 0 aliphatic heterocycles. The monoisotopic (exact) mass is 300 g/mol. The largest absolute Gasteiger partial charge is 0.376 e. The first-order valence-corrected chi connectivity index (χ1v) is 6.81. The maximum absolute atomic E-state index is 5.47. The fourth-order valence-corrected chi connectivity index (χ4v) is 1.89. The molecule has 22 heavy (non-hydrogen) atoms. The summed E-state index contributed by atoms with van der Waals surface area (Å²) in [4.78, 5) is 10.6. The number of nitrogens with two attached hydrogens (primary N) is 1. The lowest BCUT2D eigenvalue weighted by Gasteiger charge is -2.10. The summed E-state index contributed by atoms with van der Waals surface area (Å²) in [6.45, 7) is 0.492. The summed E-state index contributed by atoms with van der Waals surface area (Å²) >= 11 is 0. The van der Waals surface area contributed by atoms with Crippen LogP contribution in [0.2, 0.25) is 0 Å². The van der Waals surface area contributed by atoms with E-state index in [9.17, 15) is 0 Å². The van der Waals surface area contributed by atoms with Gasteiger partial charge in [0.25, 0.3) is 5.89 Å². The highest BCUT2D eigenvalue weighted by Crippen LogP contribution is 2.22. The van der Waals surface area contributed by atoms with Crippen LogP contribution in [0.3, 0.4) is 0 Å². The van der Waals surface area contributed by atoms with E-state index in [1.807, 2.05) is 31.1 Å². The molecule has 0 saturated heterocycles. The van der Waals surface area contributed by atoms with Crippen molar-refractivity contribution in [2.45, 2.75) is 6.42 Å². The highest BCUT2D eigenvalue weighted by atomic mass is 16.5. The van der Waals surface area contributed by atoms with Crippen molar-refractivity contribution in [2.24, 2.45) is 5.73 Å². The van der Waals surface area contributed by atoms with E-state index >= 15 is 0 Å². The third-order valence-corrected chi connectivity index (χ3v) is 3.09. The molecule has 0 radical (unpaired) electrons. The molecule has 2 N–H and O–H groups in total. The summed E-state index contributed by atoms with van der Waals surface area (Å²) in [6.07, 6.45) is 2.36. The zero-order valence-electron chi connectivity index (χ0n) is 12.4. The van der Waals surface area contributed by atoms with Gasteiger partial charge >= 0.3 is 0 Å². The Hall–Kier alpha value is -2.74. The van der Waals surface area contributed by atoms with Crippen LogP contribution in [0.4, 0.5) is 5.69 Å². The zero-order valence-corrected chi connectivity index (χ0v) is 12.4. The Morgan fingerprint density at radius 2 is 2.00 bits per heavy atom. The summed E-state index contributed by atoms with van der Waals surface area (Å²) in [5.74, 6) is 1.38. The van der Waals surface area contributed by atoms with Gasteiger partial charge in [-0.25, -0.2) is 0 Å². The van der Waals surface area contributed by atoms with Crippen molar-refractivity contribution in [2.75, 3.05) is 25.5 Å². The first kappa shape index (κ1) is 14.2. The highest BCUT2D eigenvalue weighted by molar-refractivity contribution is 5.56. The molecule has 0 aromatic carbocycles. The van der Waals surface area contributed by atoms with E-state index in [0.29, 0.717) is 41.8 Å². The lowest BCUT2D eigenvalue weighted by Crippen LogP contribution is -2.08. The van der Waals surface area contributed by atoms with Crippen LogP contribution in [-0.2, 0) is 6.42 Å². The molecule has 0 saturated carbocycles. The molecule has 0 fully saturated rings. The second-order valence-corrected chi connectivity index (χ2v) is 4.94. The van der Waals surface area contributed by atoms with Crippen molar-refractivity contribution >= 4 is 5.69 Å². The van der Waals surface area contributed by atoms with Crippen LogP contribution in [0, 0.1) is 0 Å². The van der Waals surface area contributed by atoms with Gasteiger partial charge in [0.05, 0.1) is 11.9 Å². The first-order chi connectivity index (χ1) is 10.7. The molecule has 8 nitrogen and oxygen atoms in total. The molecule has 0 spiro atoms. The predicted molar refractivity (Wildman–Crippen MR) is 80.1 cm³/mol. The minimum atomic E-state index is 0.292. The van der Waals surface area contributed by atoms with Crippen LogP contribution >= 0.6 is 0 Å². The Morgan fingerprint density at radius 3 is 2.68 bits per heavy atom. The Bertz CT molecular complexity index is 747. The van der Waals surface area contributed by atoms with E-state index < -0.39 is 0 Å². The van der Waals surface area contributed by atoms with Crippen LogP contribution in [0.15, 0.2) is 33.4 Å². The Morgan fingerprint density at radius 1 is 1.14 bits per heavy atom. The summed E-state index contributed by atoms with van der Waals surface area (Å²) in [5, 5.41) is 7.82. The van der Waals surface area contributed by atoms with Crippen LogP contribution in [-0.4, -0.2) is 40.9 Å². The smallest absolute Gasteiger partial charge is 0.280 e. The summed E-state index contributed by atoms with van der Waals surface area (Å²) in [7, 11) is 3.90. The van der Waals surface area contributed by atoms with Gasteiger partial charge in [0.1, 0.15) is 11.5 Å². The minimum absolute atomic E-state index is 0.292. The Labute approximate surface area is 126 Å². The number of hydrogen-bond donors (Lipinski definition) is 1. The van der Waals surface area contributed by atoms with Crippen LogP contribution in [0.5, 0.6) is 0 Å². The van der Waals surface area contributed by atoms with Crippen LogP contribution < -0.4 is 10.6 Å². The molecule has 0 amide bonds. The van der Waals surface area contributed by atoms with Crippen molar-refractivity contribution in [1.82, 2.24) is 20.3 Å². The average molecular weight is 300 g/mol. The Balaban J connectivity index is 1.83. The molecule has 0 aliphatic carbocycles. The lowest BCUT2D eigenvalue weighted by atomic mass is 10.3. The third kappa shape index (κ3) is 2.82. The van der Waals surface area contributed by atoms with E-state index in [1.54, 1.807) is 12.3 Å². The highest BCUT2D eigenvalue weighted by Gasteiger charge is 2.15. The molecule has 0 bridgehead atoms. The van der Waals surface area contributed by atoms with Crippen molar-refractivity contribution in [3.63, 3.8) is 0 Å². The van der Waals surface area contributed by atoms with Gasteiger partial charge in [0, 0.05) is 26.6 Å². The van der Waals surface area contributed by atoms with Gasteiger partial charge < -0.3 is 19.7 Å². The molecule has 3 aromatic rings. The molecule has 0 atom stereocenters. The number of aromatic nitrogens is 4. The molecule has 3 aromatic heterocycles. The molecule has 3 rings (SSSR count). The Kier molecular flexibility index (Phi) is 3.84. The van der Waals surface area contributed by atoms with Crippen molar-refractivity contribution in [3.05, 3.63) is 30.2 Å². The van der Waals surface area contributed by atoms with Gasteiger partial charge in [-0.05, 0) is 18.7 Å². The quantitative estimate of drug-likeness (QED) is 0.752. The normalized spacial score (nSPS) is 10.9. The molecule has 0 unspecified atom stereocenters. The van der Waals surface area contributed by atoms with Gasteiger partial charge in [0.15, 0.2) is 5.69 Å². The number of rotatable bonds is 5. The SMILES string of the molecule is CN(C)c1ccc(-c2noc(-c3cc(CCN)on3)n2)nc1. The standard InChI is InChI=1S/C14H16N6O2/c1-20(2)9-3-4-11(16-8-9)13-17-14(22-19-13)12-7-10(5-6-15)21-18-12/h3-4,7-8H,5-6,15H2,1-2H3. The predicted octanol–water partition coefficient (Wildman–Crippen LogP) is 1.35. The molecular formula is C14H16N6O2. The molecule has 3 heterocycles. The maximum Gasteiger partial charge on any atom is 0.280 e. The zero-order chi connectivity index (χ0) is 15.5. The van der Waals surface area contributed by atoms with E-state index in [1.165, 1.54) is 0 Å². The molecular weight excluding hydrogens is 284 g/mol. The van der Waals surface area contributed by atoms with Gasteiger partial charge in [-0.3, -0.25) is 4.98 Å². The molecule has 0 aliphatic rings. The van der Waals surface area contributed by atoms with Gasteiger partial charge in [0.2, 0.25) is 5.82 Å². The number of pyridine rings is 1. The van der Waals surface area contributed by atoms with Crippen LogP contribution in [0.1, 0.15) is 5.76 Å². The van der Waals surface area contributed by atoms with Crippen molar-refractivity contribution in [3.8, 4) is 23.1 Å². The van der Waals surface area contributed by atoms with E-state index in [4.69, 9.17) is 14.8 Å². The fourth-order valence-electron chi connectivity index (χ4n) is 1.89. The van der Waals surface area contributed by atoms with Crippen LogP contribution in [0.25, 0.3) is 23.1 Å². The number of hydrogen-bond acceptors (Lipinski definition) is 8. The first-order valence-electron chi connectivity index (χ1n) is 6.81. The fraction of sp³-hybridized carbons (Fsp3) is 0.286. The minimum Gasteiger partial charge on any atom is -0.376 e. The van der Waals surface area contributed by atoms with E-state index in [0.717, 1.165) is 5.69 Å². The number of anilines is 1. The summed E-state index contributed by atoms with van der Waals surface area (Å²) < 4.78 is 10.3. The average Bonchev–Trinajstić information content (AvgIpc) is 3.16. The summed E-state index contributed by atoms with van der Waals surface area (Å²) in [6, 6.07) is 5.52. The second-order valence-electron chi connectivity index (χ2n) is 4.94. The lowest BCUT2D eigenvalue weighted by molar-refractivity contribution is 0.379.